The number of nitrogens with two attached hydrogens (primary N) is 1. The molecule has 0 radical (unpaired) electrons. The number of benzene rings is 1. The van der Waals surface area contributed by atoms with E-state index in [1.54, 1.807) is 16.8 Å². The van der Waals surface area contributed by atoms with E-state index in [2.05, 4.69) is 10.3 Å². The van der Waals surface area contributed by atoms with Crippen molar-refractivity contribution in [3.05, 3.63) is 71.3 Å². The number of anilines is 1. The van der Waals surface area contributed by atoms with Crippen LogP contribution in [0.1, 0.15) is 22.6 Å². The van der Waals surface area contributed by atoms with Gasteiger partial charge in [-0.25, -0.2) is 0 Å². The van der Waals surface area contributed by atoms with E-state index in [0.717, 1.165) is 28.9 Å². The van der Waals surface area contributed by atoms with Gasteiger partial charge >= 0.3 is 0 Å². The molecule has 6 heteroatoms. The van der Waals surface area contributed by atoms with Crippen LogP contribution in [0.15, 0.2) is 53.2 Å². The van der Waals surface area contributed by atoms with Crippen LogP contribution in [0.4, 0.5) is 5.82 Å². The first kappa shape index (κ1) is 17.2. The fourth-order valence-electron chi connectivity index (χ4n) is 2.07. The Morgan fingerprint density at radius 2 is 1.96 bits per heavy atom. The van der Waals surface area contributed by atoms with E-state index in [1.165, 1.54) is 6.08 Å². The van der Waals surface area contributed by atoms with Gasteiger partial charge in [0.1, 0.15) is 17.9 Å². The second-order valence-corrected chi connectivity index (χ2v) is 5.15. The number of aromatic nitrogens is 3. The minimum atomic E-state index is 0.525. The van der Waals surface area contributed by atoms with Gasteiger partial charge in [0.2, 0.25) is 0 Å². The first-order valence-corrected chi connectivity index (χ1v) is 7.47. The molecular weight excluding hydrogens is 304 g/mol. The van der Waals surface area contributed by atoms with Gasteiger partial charge in [0.15, 0.2) is 0 Å². The maximum Gasteiger partial charge on any atom is 0.145 e. The summed E-state index contributed by atoms with van der Waals surface area (Å²) in [5, 5.41) is 7.96. The maximum absolute atomic E-state index is 9.89. The van der Waals surface area contributed by atoms with Gasteiger partial charge in [0.25, 0.3) is 0 Å². The number of hydrogen-bond donors (Lipinski definition) is 1. The highest BCUT2D eigenvalue weighted by Crippen LogP contribution is 2.13. The molecule has 124 valence electrons. The Balaban J connectivity index is 0.000000185. The number of hydrogen-bond acceptors (Lipinski definition) is 5. The van der Waals surface area contributed by atoms with Gasteiger partial charge in [0.05, 0.1) is 12.2 Å². The molecule has 2 heterocycles. The zero-order chi connectivity index (χ0) is 17.4. The fourth-order valence-corrected chi connectivity index (χ4v) is 2.07. The lowest BCUT2D eigenvalue weighted by Crippen LogP contribution is -2.02. The van der Waals surface area contributed by atoms with Crippen molar-refractivity contribution in [2.24, 2.45) is 0 Å². The molecule has 6 nitrogen and oxygen atoms in total. The van der Waals surface area contributed by atoms with E-state index < -0.39 is 0 Å². The number of aryl methyl sites for hydroxylation is 2. The Kier molecular flexibility index (Phi) is 6.08. The molecule has 0 unspecified atom stereocenters. The van der Waals surface area contributed by atoms with Crippen molar-refractivity contribution in [1.29, 1.82) is 0 Å². The van der Waals surface area contributed by atoms with Gasteiger partial charge in [0, 0.05) is 11.8 Å². The van der Waals surface area contributed by atoms with Gasteiger partial charge in [-0.1, -0.05) is 41.6 Å². The summed E-state index contributed by atoms with van der Waals surface area (Å²) in [4.78, 5) is 9.89. The molecule has 3 rings (SSSR count). The van der Waals surface area contributed by atoms with Gasteiger partial charge < -0.3 is 10.3 Å². The van der Waals surface area contributed by atoms with E-state index in [-0.39, 0.29) is 0 Å². The standard InChI is InChI=1S/C9H12N4O.C9H8O/c1-6-8(7(2)14-12-6)5-13-4-3-9(10)11-13;10-8-4-7-9-5-2-1-3-6-9/h3-4H,5H2,1-2H3,(H2,10,11);1-8H/b;7-4+. The molecule has 0 atom stereocenters. The average Bonchev–Trinajstić information content (AvgIpc) is 3.15. The summed E-state index contributed by atoms with van der Waals surface area (Å²) < 4.78 is 6.82. The minimum absolute atomic E-state index is 0.525. The molecule has 2 aromatic heterocycles. The molecule has 0 saturated carbocycles. The third-order valence-corrected chi connectivity index (χ3v) is 3.33. The number of allylic oxidation sites excluding steroid dienone is 1. The fraction of sp³-hybridized carbons (Fsp3) is 0.167. The quantitative estimate of drug-likeness (QED) is 0.589. The second kappa shape index (κ2) is 8.47. The highest BCUT2D eigenvalue weighted by molar-refractivity contribution is 5.73. The number of carbonyl (C=O) groups excluding carboxylic acids is 1. The average molecular weight is 324 g/mol. The van der Waals surface area contributed by atoms with E-state index in [9.17, 15) is 4.79 Å². The summed E-state index contributed by atoms with van der Waals surface area (Å²) in [6, 6.07) is 11.5. The van der Waals surface area contributed by atoms with Crippen molar-refractivity contribution in [3.8, 4) is 0 Å². The van der Waals surface area contributed by atoms with Crippen LogP contribution in [-0.2, 0) is 11.3 Å². The summed E-state index contributed by atoms with van der Waals surface area (Å²) in [7, 11) is 0. The van der Waals surface area contributed by atoms with Crippen LogP contribution < -0.4 is 5.73 Å². The van der Waals surface area contributed by atoms with Crippen LogP contribution in [0.25, 0.3) is 6.08 Å². The molecule has 0 aliphatic carbocycles. The molecule has 2 N–H and O–H groups in total. The zero-order valence-corrected chi connectivity index (χ0v) is 13.7. The van der Waals surface area contributed by atoms with Crippen molar-refractivity contribution in [2.45, 2.75) is 20.4 Å². The van der Waals surface area contributed by atoms with E-state index in [0.29, 0.717) is 12.4 Å². The molecule has 3 aromatic rings. The first-order valence-electron chi connectivity index (χ1n) is 7.47. The highest BCUT2D eigenvalue weighted by atomic mass is 16.5. The first-order chi connectivity index (χ1) is 11.6. The number of rotatable bonds is 4. The normalized spacial score (nSPS) is 10.4. The zero-order valence-electron chi connectivity index (χ0n) is 13.7. The molecule has 1 aromatic carbocycles. The molecule has 0 spiro atoms. The molecule has 0 aliphatic heterocycles. The van der Waals surface area contributed by atoms with E-state index >= 15 is 0 Å². The summed E-state index contributed by atoms with van der Waals surface area (Å²) in [5.41, 5.74) is 8.53. The Labute approximate surface area is 140 Å². The monoisotopic (exact) mass is 324 g/mol. The Morgan fingerprint density at radius 1 is 1.21 bits per heavy atom. The van der Waals surface area contributed by atoms with Crippen LogP contribution in [0.2, 0.25) is 0 Å². The smallest absolute Gasteiger partial charge is 0.145 e. The van der Waals surface area contributed by atoms with Crippen LogP contribution in [0, 0.1) is 13.8 Å². The third-order valence-electron chi connectivity index (χ3n) is 3.33. The molecule has 0 fully saturated rings. The lowest BCUT2D eigenvalue weighted by molar-refractivity contribution is -0.104. The highest BCUT2D eigenvalue weighted by Gasteiger charge is 2.09. The topological polar surface area (TPSA) is 86.9 Å². The molecule has 24 heavy (non-hydrogen) atoms. The van der Waals surface area contributed by atoms with Gasteiger partial charge in [-0.15, -0.1) is 0 Å². The molecular formula is C18H20N4O2. The van der Waals surface area contributed by atoms with Crippen LogP contribution in [-0.4, -0.2) is 21.2 Å². The predicted molar refractivity (Wildman–Crippen MR) is 93.3 cm³/mol. The van der Waals surface area contributed by atoms with Crippen LogP contribution in [0.5, 0.6) is 0 Å². The number of carbonyl (C=O) groups is 1. The Bertz CT molecular complexity index is 784. The van der Waals surface area contributed by atoms with E-state index in [1.807, 2.05) is 50.4 Å². The molecule has 0 amide bonds. The third kappa shape index (κ3) is 4.95. The summed E-state index contributed by atoms with van der Waals surface area (Å²) >= 11 is 0. The van der Waals surface area contributed by atoms with Crippen LogP contribution in [0.3, 0.4) is 0 Å². The lowest BCUT2D eigenvalue weighted by atomic mass is 10.2. The SMILES string of the molecule is Cc1noc(C)c1Cn1ccc(N)n1.O=C/C=C/c1ccccc1. The number of aldehydes is 1. The van der Waals surface area contributed by atoms with Crippen molar-refractivity contribution < 1.29 is 9.32 Å². The molecule has 0 saturated heterocycles. The van der Waals surface area contributed by atoms with Crippen molar-refractivity contribution >= 4 is 18.2 Å². The Morgan fingerprint density at radius 3 is 2.50 bits per heavy atom. The Hall–Kier alpha value is -3.15. The lowest BCUT2D eigenvalue weighted by Gasteiger charge is -1.99. The van der Waals surface area contributed by atoms with E-state index in [4.69, 9.17) is 10.3 Å². The van der Waals surface area contributed by atoms with Crippen LogP contribution >= 0.6 is 0 Å². The number of nitrogens with zero attached hydrogens (tertiary/aromatic N) is 3. The van der Waals surface area contributed by atoms with Crippen molar-refractivity contribution in [2.75, 3.05) is 5.73 Å². The predicted octanol–water partition coefficient (Wildman–Crippen LogP) is 3.02. The van der Waals surface area contributed by atoms with Gasteiger partial charge in [-0.3, -0.25) is 9.48 Å². The molecule has 0 bridgehead atoms. The van der Waals surface area contributed by atoms with Gasteiger partial charge in [-0.2, -0.15) is 5.10 Å². The summed E-state index contributed by atoms with van der Waals surface area (Å²) in [6.45, 7) is 4.46. The van der Waals surface area contributed by atoms with Crippen molar-refractivity contribution in [1.82, 2.24) is 14.9 Å². The van der Waals surface area contributed by atoms with Gasteiger partial charge in [-0.05, 0) is 31.6 Å². The largest absolute Gasteiger partial charge is 0.382 e. The van der Waals surface area contributed by atoms with Crippen molar-refractivity contribution in [3.63, 3.8) is 0 Å². The maximum atomic E-state index is 9.89. The minimum Gasteiger partial charge on any atom is -0.382 e. The summed E-state index contributed by atoms with van der Waals surface area (Å²) in [5.74, 6) is 1.35. The number of nitrogen functional groups attached to an aromatic ring is 1. The second-order valence-electron chi connectivity index (χ2n) is 5.15. The molecule has 0 aliphatic rings. The summed E-state index contributed by atoms with van der Waals surface area (Å²) in [6.07, 6.45) is 5.86.